The van der Waals surface area contributed by atoms with Crippen LogP contribution in [0.15, 0.2) is 60.7 Å². The third kappa shape index (κ3) is 5.74. The highest BCUT2D eigenvalue weighted by Gasteiger charge is 2.18. The zero-order valence-electron chi connectivity index (χ0n) is 19.3. The number of esters is 1. The van der Waals surface area contributed by atoms with Crippen LogP contribution in [0.3, 0.4) is 0 Å². The van der Waals surface area contributed by atoms with Crippen LogP contribution in [0.4, 0.5) is 0 Å². The molecule has 0 saturated heterocycles. The molecule has 0 amide bonds. The highest BCUT2D eigenvalue weighted by Crippen LogP contribution is 2.39. The molecule has 3 aromatic carbocycles. The van der Waals surface area contributed by atoms with Crippen molar-refractivity contribution in [1.29, 1.82) is 0 Å². The maximum atomic E-state index is 11.4. The number of carbonyl (C=O) groups is 1. The number of hydrogen-bond donors (Lipinski definition) is 0. The highest BCUT2D eigenvalue weighted by molar-refractivity contribution is 5.77. The van der Waals surface area contributed by atoms with E-state index >= 15 is 0 Å². The summed E-state index contributed by atoms with van der Waals surface area (Å²) in [6.45, 7) is 3.72. The van der Waals surface area contributed by atoms with Crippen molar-refractivity contribution in [3.8, 4) is 22.6 Å². The molecule has 0 saturated carbocycles. The van der Waals surface area contributed by atoms with Gasteiger partial charge in [0, 0.05) is 5.56 Å². The van der Waals surface area contributed by atoms with Gasteiger partial charge in [-0.3, -0.25) is 0 Å². The Hall–Kier alpha value is -3.31. The van der Waals surface area contributed by atoms with Crippen molar-refractivity contribution in [2.24, 2.45) is 0 Å². The number of hydrogen-bond acceptors (Lipinski definition) is 5. The van der Waals surface area contributed by atoms with Crippen molar-refractivity contribution in [1.82, 2.24) is 0 Å². The molecule has 3 aromatic rings. The van der Waals surface area contributed by atoms with E-state index in [4.69, 9.17) is 14.2 Å². The predicted octanol–water partition coefficient (Wildman–Crippen LogP) is 5.30. The first-order valence-corrected chi connectivity index (χ1v) is 11.4. The highest BCUT2D eigenvalue weighted by atomic mass is 16.6. The number of fused-ring (bicyclic) bond motifs is 1. The lowest BCUT2D eigenvalue weighted by atomic mass is 9.91. The Morgan fingerprint density at radius 1 is 1.06 bits per heavy atom. The summed E-state index contributed by atoms with van der Waals surface area (Å²) >= 11 is 0. The van der Waals surface area contributed by atoms with E-state index in [1.807, 2.05) is 24.3 Å². The average Bonchev–Trinajstić information content (AvgIpc) is 2.86. The van der Waals surface area contributed by atoms with Gasteiger partial charge in [-0.1, -0.05) is 42.5 Å². The number of carbonyl (C=O) groups excluding carboxylic acids is 1. The van der Waals surface area contributed by atoms with Gasteiger partial charge >= 0.3 is 5.97 Å². The second kappa shape index (κ2) is 11.0. The van der Waals surface area contributed by atoms with E-state index in [0.717, 1.165) is 58.8 Å². The molecular formula is C28H30O5. The van der Waals surface area contributed by atoms with Crippen LogP contribution in [0.2, 0.25) is 0 Å². The van der Waals surface area contributed by atoms with Gasteiger partial charge in [-0.2, -0.15) is 0 Å². The van der Waals surface area contributed by atoms with Gasteiger partial charge in [0.05, 0.1) is 20.3 Å². The Bertz CT molecular complexity index is 1090. The summed E-state index contributed by atoms with van der Waals surface area (Å²) in [5, 5.41) is 0. The van der Waals surface area contributed by atoms with Gasteiger partial charge in [-0.05, 0) is 72.2 Å². The van der Waals surface area contributed by atoms with Crippen molar-refractivity contribution in [3.05, 3.63) is 82.9 Å². The largest absolute Gasteiger partial charge is 0.493 e. The van der Waals surface area contributed by atoms with Crippen molar-refractivity contribution >= 4 is 5.97 Å². The van der Waals surface area contributed by atoms with Gasteiger partial charge in [0.15, 0.2) is 0 Å². The summed E-state index contributed by atoms with van der Waals surface area (Å²) in [5.74, 6) is 1.43. The normalized spacial score (nSPS) is 12.5. The number of methoxy groups -OCH3 is 1. The van der Waals surface area contributed by atoms with E-state index in [1.165, 1.54) is 12.7 Å². The summed E-state index contributed by atoms with van der Waals surface area (Å²) in [4.78, 5) is 11.4. The maximum Gasteiger partial charge on any atom is 0.331 e. The molecule has 5 nitrogen and oxygen atoms in total. The van der Waals surface area contributed by atoms with Crippen LogP contribution in [0.25, 0.3) is 11.1 Å². The van der Waals surface area contributed by atoms with Crippen molar-refractivity contribution in [3.63, 3.8) is 0 Å². The van der Waals surface area contributed by atoms with Crippen molar-refractivity contribution in [2.75, 3.05) is 26.9 Å². The molecule has 0 N–H and O–H groups in total. The van der Waals surface area contributed by atoms with E-state index in [0.29, 0.717) is 19.6 Å². The summed E-state index contributed by atoms with van der Waals surface area (Å²) in [5.41, 5.74) is 6.83. The van der Waals surface area contributed by atoms with Crippen LogP contribution in [0.1, 0.15) is 28.7 Å². The molecule has 0 unspecified atom stereocenters. The first-order chi connectivity index (χ1) is 16.2. The number of rotatable bonds is 9. The molecule has 0 atom stereocenters. The minimum absolute atomic E-state index is 0.0503. The molecule has 1 aliphatic rings. The van der Waals surface area contributed by atoms with Crippen LogP contribution in [-0.2, 0) is 33.7 Å². The quantitative estimate of drug-likeness (QED) is 0.330. The van der Waals surface area contributed by atoms with Crippen molar-refractivity contribution < 1.29 is 23.7 Å². The Morgan fingerprint density at radius 3 is 2.73 bits per heavy atom. The topological polar surface area (TPSA) is 54.0 Å². The zero-order valence-corrected chi connectivity index (χ0v) is 19.3. The molecule has 1 aliphatic heterocycles. The maximum absolute atomic E-state index is 11.4. The molecule has 5 heteroatoms. The minimum atomic E-state index is -0.374. The molecule has 172 valence electrons. The summed E-state index contributed by atoms with van der Waals surface area (Å²) in [6, 6.07) is 20.7. The van der Waals surface area contributed by atoms with Gasteiger partial charge in [0.25, 0.3) is 0 Å². The first-order valence-electron chi connectivity index (χ1n) is 11.4. The van der Waals surface area contributed by atoms with Gasteiger partial charge in [0.1, 0.15) is 24.7 Å². The second-order valence-corrected chi connectivity index (χ2v) is 8.16. The third-order valence-corrected chi connectivity index (χ3v) is 5.89. The molecule has 0 aromatic heterocycles. The van der Waals surface area contributed by atoms with E-state index in [1.54, 1.807) is 0 Å². The van der Waals surface area contributed by atoms with Crippen LogP contribution in [0, 0.1) is 6.92 Å². The standard InChI is InChI=1S/C28H30O5/c1-20-10-12-26(33-18-21-7-4-3-5-8-21)28(24(20)14-16-31-19-27(29)30-2)23-11-13-25-22(17-23)9-6-15-32-25/h3-5,7-8,10-13,17H,6,9,14-16,18-19H2,1-2H3. The summed E-state index contributed by atoms with van der Waals surface area (Å²) in [7, 11) is 1.36. The fraction of sp³-hybridized carbons (Fsp3) is 0.321. The molecular weight excluding hydrogens is 416 g/mol. The summed E-state index contributed by atoms with van der Waals surface area (Å²) < 4.78 is 22.4. The van der Waals surface area contributed by atoms with Crippen LogP contribution in [0.5, 0.6) is 11.5 Å². The SMILES string of the molecule is COC(=O)COCCc1c(C)ccc(OCc2ccccc2)c1-c1ccc2c(c1)CCCO2. The zero-order chi connectivity index (χ0) is 23.0. The molecule has 33 heavy (non-hydrogen) atoms. The van der Waals surface area contributed by atoms with E-state index in [2.05, 4.69) is 48.1 Å². The third-order valence-electron chi connectivity index (χ3n) is 5.89. The molecule has 0 bridgehead atoms. The van der Waals surface area contributed by atoms with Crippen LogP contribution >= 0.6 is 0 Å². The van der Waals surface area contributed by atoms with Gasteiger partial charge in [0.2, 0.25) is 0 Å². The molecule has 0 radical (unpaired) electrons. The first kappa shape index (κ1) is 22.9. The smallest absolute Gasteiger partial charge is 0.331 e. The lowest BCUT2D eigenvalue weighted by Gasteiger charge is -2.21. The van der Waals surface area contributed by atoms with E-state index in [9.17, 15) is 4.79 Å². The lowest BCUT2D eigenvalue weighted by molar-refractivity contribution is -0.145. The minimum Gasteiger partial charge on any atom is -0.493 e. The molecule has 0 aliphatic carbocycles. The lowest BCUT2D eigenvalue weighted by Crippen LogP contribution is -2.12. The molecule has 0 spiro atoms. The second-order valence-electron chi connectivity index (χ2n) is 8.16. The average molecular weight is 447 g/mol. The van der Waals surface area contributed by atoms with E-state index < -0.39 is 0 Å². The number of aryl methyl sites for hydroxylation is 2. The van der Waals surface area contributed by atoms with Gasteiger partial charge < -0.3 is 18.9 Å². The predicted molar refractivity (Wildman–Crippen MR) is 128 cm³/mol. The van der Waals surface area contributed by atoms with Gasteiger partial charge in [-0.15, -0.1) is 0 Å². The monoisotopic (exact) mass is 446 g/mol. The molecule has 1 heterocycles. The fourth-order valence-corrected chi connectivity index (χ4v) is 4.13. The summed E-state index contributed by atoms with van der Waals surface area (Å²) in [6.07, 6.45) is 2.69. The van der Waals surface area contributed by atoms with Gasteiger partial charge in [-0.25, -0.2) is 4.79 Å². The molecule has 4 rings (SSSR count). The van der Waals surface area contributed by atoms with Crippen LogP contribution in [-0.4, -0.2) is 32.9 Å². The van der Waals surface area contributed by atoms with E-state index in [-0.39, 0.29) is 12.6 Å². The number of benzene rings is 3. The fourth-order valence-electron chi connectivity index (χ4n) is 4.13. The Labute approximate surface area is 195 Å². The Balaban J connectivity index is 1.66. The Morgan fingerprint density at radius 2 is 1.91 bits per heavy atom. The number of ether oxygens (including phenoxy) is 4. The molecule has 0 fully saturated rings. The van der Waals surface area contributed by atoms with Crippen LogP contribution < -0.4 is 9.47 Å². The van der Waals surface area contributed by atoms with Crippen molar-refractivity contribution in [2.45, 2.75) is 32.8 Å². The Kier molecular flexibility index (Phi) is 7.63.